The van der Waals surface area contributed by atoms with Crippen LogP contribution in [0.4, 0.5) is 0 Å². The van der Waals surface area contributed by atoms with Gasteiger partial charge in [0, 0.05) is 26.8 Å². The van der Waals surface area contributed by atoms with Crippen molar-refractivity contribution in [3.8, 4) is 0 Å². The second kappa shape index (κ2) is 5.63. The third-order valence-electron chi connectivity index (χ3n) is 2.52. The summed E-state index contributed by atoms with van der Waals surface area (Å²) in [7, 11) is 4.92. The minimum Gasteiger partial charge on any atom is -0.354 e. The quantitative estimate of drug-likeness (QED) is 0.785. The van der Waals surface area contributed by atoms with E-state index in [-0.39, 0.29) is 6.04 Å². The van der Waals surface area contributed by atoms with Crippen LogP contribution in [0.2, 0.25) is 5.15 Å². The molecular weight excluding hydrogens is 230 g/mol. The fraction of sp³-hybridized carbons (Fsp3) is 0.700. The first-order chi connectivity index (χ1) is 7.51. The monoisotopic (exact) mass is 247 g/mol. The SMILES string of the molecule is COC(OC)C(N)Cc1c(C)nn(C)c1Cl. The summed E-state index contributed by atoms with van der Waals surface area (Å²) in [6.45, 7) is 1.91. The van der Waals surface area contributed by atoms with E-state index < -0.39 is 6.29 Å². The summed E-state index contributed by atoms with van der Waals surface area (Å²) < 4.78 is 11.8. The highest BCUT2D eigenvalue weighted by Gasteiger charge is 2.21. The van der Waals surface area contributed by atoms with Crippen molar-refractivity contribution in [1.29, 1.82) is 0 Å². The van der Waals surface area contributed by atoms with Gasteiger partial charge in [0.05, 0.1) is 11.7 Å². The first-order valence-corrected chi connectivity index (χ1v) is 5.38. The van der Waals surface area contributed by atoms with E-state index in [9.17, 15) is 0 Å². The Morgan fingerprint density at radius 3 is 2.38 bits per heavy atom. The van der Waals surface area contributed by atoms with E-state index in [2.05, 4.69) is 5.10 Å². The summed E-state index contributed by atoms with van der Waals surface area (Å²) in [5.74, 6) is 0. The summed E-state index contributed by atoms with van der Waals surface area (Å²) in [5.41, 5.74) is 7.80. The summed E-state index contributed by atoms with van der Waals surface area (Å²) in [4.78, 5) is 0. The predicted molar refractivity (Wildman–Crippen MR) is 62.4 cm³/mol. The van der Waals surface area contributed by atoms with Gasteiger partial charge in [-0.1, -0.05) is 11.6 Å². The molecule has 0 amide bonds. The molecule has 0 aliphatic carbocycles. The standard InChI is InChI=1S/C10H18ClN3O2/c1-6-7(9(11)14(2)13-6)5-8(12)10(15-3)16-4/h8,10H,5,12H2,1-4H3. The Kier molecular flexibility index (Phi) is 4.73. The molecule has 0 fully saturated rings. The van der Waals surface area contributed by atoms with Crippen molar-refractivity contribution < 1.29 is 9.47 Å². The molecule has 5 nitrogen and oxygen atoms in total. The molecule has 1 aromatic rings. The van der Waals surface area contributed by atoms with Gasteiger partial charge >= 0.3 is 0 Å². The van der Waals surface area contributed by atoms with E-state index in [0.717, 1.165) is 11.3 Å². The van der Waals surface area contributed by atoms with Crippen molar-refractivity contribution in [1.82, 2.24) is 9.78 Å². The number of aryl methyl sites for hydroxylation is 2. The Morgan fingerprint density at radius 2 is 2.00 bits per heavy atom. The van der Waals surface area contributed by atoms with Gasteiger partial charge in [0.15, 0.2) is 6.29 Å². The first-order valence-electron chi connectivity index (χ1n) is 5.00. The lowest BCUT2D eigenvalue weighted by Crippen LogP contribution is -2.39. The molecule has 1 atom stereocenters. The van der Waals surface area contributed by atoms with Crippen molar-refractivity contribution in [3.63, 3.8) is 0 Å². The number of hydrogen-bond acceptors (Lipinski definition) is 4. The van der Waals surface area contributed by atoms with Gasteiger partial charge in [0.2, 0.25) is 0 Å². The van der Waals surface area contributed by atoms with Crippen molar-refractivity contribution in [3.05, 3.63) is 16.4 Å². The van der Waals surface area contributed by atoms with E-state index in [4.69, 9.17) is 26.8 Å². The molecule has 1 heterocycles. The van der Waals surface area contributed by atoms with Gasteiger partial charge in [-0.15, -0.1) is 0 Å². The molecule has 16 heavy (non-hydrogen) atoms. The van der Waals surface area contributed by atoms with Crippen LogP contribution < -0.4 is 5.73 Å². The minimum atomic E-state index is -0.435. The van der Waals surface area contributed by atoms with Crippen LogP contribution in [0.15, 0.2) is 0 Å². The maximum Gasteiger partial charge on any atom is 0.172 e. The molecule has 0 aliphatic rings. The van der Waals surface area contributed by atoms with Gasteiger partial charge in [-0.3, -0.25) is 4.68 Å². The van der Waals surface area contributed by atoms with Crippen LogP contribution in [0.1, 0.15) is 11.3 Å². The molecule has 1 rings (SSSR count). The Hall–Kier alpha value is -0.620. The van der Waals surface area contributed by atoms with Crippen molar-refractivity contribution in [2.45, 2.75) is 25.7 Å². The number of nitrogens with zero attached hydrogens (tertiary/aromatic N) is 2. The lowest BCUT2D eigenvalue weighted by molar-refractivity contribution is -0.115. The number of ether oxygens (including phenoxy) is 2. The fourth-order valence-electron chi connectivity index (χ4n) is 1.68. The Labute approximate surface area is 100 Å². The third kappa shape index (κ3) is 2.74. The van der Waals surface area contributed by atoms with Gasteiger partial charge < -0.3 is 15.2 Å². The van der Waals surface area contributed by atoms with Gasteiger partial charge in [0.25, 0.3) is 0 Å². The van der Waals surface area contributed by atoms with Crippen LogP contribution in [0, 0.1) is 6.92 Å². The molecule has 0 bridgehead atoms. The van der Waals surface area contributed by atoms with Crippen LogP contribution >= 0.6 is 11.6 Å². The smallest absolute Gasteiger partial charge is 0.172 e. The number of rotatable bonds is 5. The van der Waals surface area contributed by atoms with Crippen LogP contribution in [0.25, 0.3) is 0 Å². The average Bonchev–Trinajstić information content (AvgIpc) is 2.47. The number of nitrogens with two attached hydrogens (primary N) is 1. The maximum absolute atomic E-state index is 6.11. The topological polar surface area (TPSA) is 62.3 Å². The molecule has 0 spiro atoms. The summed E-state index contributed by atoms with van der Waals surface area (Å²) >= 11 is 6.11. The van der Waals surface area contributed by atoms with Gasteiger partial charge in [-0.05, 0) is 13.3 Å². The van der Waals surface area contributed by atoms with Gasteiger partial charge in [-0.25, -0.2) is 0 Å². The summed E-state index contributed by atoms with van der Waals surface area (Å²) in [5, 5.41) is 4.83. The second-order valence-electron chi connectivity index (χ2n) is 3.69. The second-order valence-corrected chi connectivity index (χ2v) is 4.04. The molecule has 0 aromatic carbocycles. The average molecular weight is 248 g/mol. The zero-order chi connectivity index (χ0) is 12.3. The van der Waals surface area contributed by atoms with E-state index in [1.807, 2.05) is 6.92 Å². The molecular formula is C10H18ClN3O2. The third-order valence-corrected chi connectivity index (χ3v) is 3.00. The lowest BCUT2D eigenvalue weighted by atomic mass is 10.1. The van der Waals surface area contributed by atoms with Crippen LogP contribution in [0.3, 0.4) is 0 Å². The number of halogens is 1. The zero-order valence-corrected chi connectivity index (χ0v) is 10.8. The van der Waals surface area contributed by atoms with Crippen molar-refractivity contribution >= 4 is 11.6 Å². The normalized spacial score (nSPS) is 13.4. The van der Waals surface area contributed by atoms with E-state index in [0.29, 0.717) is 11.6 Å². The van der Waals surface area contributed by atoms with Crippen LogP contribution in [0.5, 0.6) is 0 Å². The highest BCUT2D eigenvalue weighted by atomic mass is 35.5. The van der Waals surface area contributed by atoms with E-state index in [1.54, 1.807) is 25.9 Å². The molecule has 92 valence electrons. The Balaban J connectivity index is 2.80. The predicted octanol–water partition coefficient (Wildman–Crippen LogP) is 0.871. The van der Waals surface area contributed by atoms with E-state index in [1.165, 1.54) is 0 Å². The Bertz CT molecular complexity index is 350. The maximum atomic E-state index is 6.11. The highest BCUT2D eigenvalue weighted by Crippen LogP contribution is 2.20. The van der Waals surface area contributed by atoms with Gasteiger partial charge in [-0.2, -0.15) is 5.10 Å². The fourth-order valence-corrected chi connectivity index (χ4v) is 1.94. The summed E-state index contributed by atoms with van der Waals surface area (Å²) in [6, 6.07) is -0.268. The molecule has 1 aromatic heterocycles. The minimum absolute atomic E-state index is 0.268. The first kappa shape index (κ1) is 13.4. The number of aromatic nitrogens is 2. The van der Waals surface area contributed by atoms with E-state index >= 15 is 0 Å². The largest absolute Gasteiger partial charge is 0.354 e. The Morgan fingerprint density at radius 1 is 1.44 bits per heavy atom. The van der Waals surface area contributed by atoms with Crippen LogP contribution in [-0.2, 0) is 22.9 Å². The molecule has 0 aliphatic heterocycles. The number of hydrogen-bond donors (Lipinski definition) is 1. The molecule has 0 saturated heterocycles. The molecule has 2 N–H and O–H groups in total. The highest BCUT2D eigenvalue weighted by molar-refractivity contribution is 6.30. The molecule has 0 radical (unpaired) electrons. The number of methoxy groups -OCH3 is 2. The molecule has 0 saturated carbocycles. The molecule has 1 unspecified atom stereocenters. The van der Waals surface area contributed by atoms with Crippen molar-refractivity contribution in [2.75, 3.05) is 14.2 Å². The lowest BCUT2D eigenvalue weighted by Gasteiger charge is -2.20. The van der Waals surface area contributed by atoms with Crippen LogP contribution in [-0.4, -0.2) is 36.3 Å². The zero-order valence-electron chi connectivity index (χ0n) is 10.0. The van der Waals surface area contributed by atoms with Crippen molar-refractivity contribution in [2.24, 2.45) is 12.8 Å². The molecule has 6 heteroatoms. The van der Waals surface area contributed by atoms with Gasteiger partial charge in [0.1, 0.15) is 5.15 Å². The summed E-state index contributed by atoms with van der Waals surface area (Å²) in [6.07, 6.45) is 0.140.